The summed E-state index contributed by atoms with van der Waals surface area (Å²) in [6.45, 7) is 8.71. The fraction of sp³-hybridized carbons (Fsp3) is 0.500. The van der Waals surface area contributed by atoms with Gasteiger partial charge in [0, 0.05) is 31.9 Å². The number of aliphatic imine (C=N–C) groups is 1. The second-order valence-electron chi connectivity index (χ2n) is 6.86. The number of ether oxygens (including phenoxy) is 1. The number of nitrogens with one attached hydrogen (secondary N) is 2. The predicted molar refractivity (Wildman–Crippen MR) is 107 cm³/mol. The first-order valence-corrected chi connectivity index (χ1v) is 9.18. The largest absolute Gasteiger partial charge is 0.489 e. The van der Waals surface area contributed by atoms with Crippen LogP contribution in [0.5, 0.6) is 5.75 Å². The van der Waals surface area contributed by atoms with E-state index in [1.807, 2.05) is 25.6 Å². The molecule has 0 aliphatic carbocycles. The number of benzene rings is 1. The zero-order chi connectivity index (χ0) is 20.0. The van der Waals surface area contributed by atoms with Gasteiger partial charge in [-0.3, -0.25) is 9.67 Å². The van der Waals surface area contributed by atoms with Crippen LogP contribution in [0.25, 0.3) is 0 Å². The molecule has 0 aliphatic rings. The van der Waals surface area contributed by atoms with E-state index in [1.54, 1.807) is 19.2 Å². The van der Waals surface area contributed by atoms with E-state index in [0.29, 0.717) is 18.3 Å². The Balaban J connectivity index is 1.84. The lowest BCUT2D eigenvalue weighted by molar-refractivity contribution is 0.223. The molecule has 0 bridgehead atoms. The van der Waals surface area contributed by atoms with E-state index in [1.165, 1.54) is 23.4 Å². The minimum atomic E-state index is -0.306. The third-order valence-electron chi connectivity index (χ3n) is 4.47. The van der Waals surface area contributed by atoms with Gasteiger partial charge in [0.25, 0.3) is 0 Å². The van der Waals surface area contributed by atoms with Crippen LogP contribution in [0.3, 0.4) is 0 Å². The zero-order valence-electron chi connectivity index (χ0n) is 17.0. The van der Waals surface area contributed by atoms with Crippen LogP contribution in [-0.2, 0) is 13.5 Å². The van der Waals surface area contributed by atoms with Crippen molar-refractivity contribution < 1.29 is 9.13 Å². The quantitative estimate of drug-likeness (QED) is 0.577. The first-order chi connectivity index (χ1) is 12.8. The Morgan fingerprint density at radius 2 is 2.07 bits per heavy atom. The SMILES string of the molecule is CN=C(NCC(C)Oc1cccc(F)c1)NC(C)Cc1c(C)nn(C)c1C. The molecule has 27 heavy (non-hydrogen) atoms. The molecule has 2 unspecified atom stereocenters. The van der Waals surface area contributed by atoms with Gasteiger partial charge in [0.15, 0.2) is 5.96 Å². The molecule has 6 nitrogen and oxygen atoms in total. The molecule has 7 heteroatoms. The molecule has 0 spiro atoms. The van der Waals surface area contributed by atoms with E-state index in [0.717, 1.165) is 12.1 Å². The highest BCUT2D eigenvalue weighted by Crippen LogP contribution is 2.15. The number of guanidine groups is 1. The van der Waals surface area contributed by atoms with Gasteiger partial charge in [-0.05, 0) is 51.8 Å². The Hall–Kier alpha value is -2.57. The van der Waals surface area contributed by atoms with Crippen molar-refractivity contribution in [1.29, 1.82) is 0 Å². The fourth-order valence-electron chi connectivity index (χ4n) is 2.95. The topological polar surface area (TPSA) is 63.5 Å². The molecule has 148 valence electrons. The van der Waals surface area contributed by atoms with Crippen molar-refractivity contribution in [3.63, 3.8) is 0 Å². The number of aromatic nitrogens is 2. The number of hydrogen-bond acceptors (Lipinski definition) is 3. The molecular formula is C20H30FN5O. The molecule has 2 rings (SSSR count). The molecule has 2 atom stereocenters. The van der Waals surface area contributed by atoms with Crippen LogP contribution >= 0.6 is 0 Å². The van der Waals surface area contributed by atoms with Gasteiger partial charge in [-0.15, -0.1) is 0 Å². The van der Waals surface area contributed by atoms with Crippen LogP contribution in [0.1, 0.15) is 30.8 Å². The lowest BCUT2D eigenvalue weighted by Gasteiger charge is -2.21. The number of nitrogens with zero attached hydrogens (tertiary/aromatic N) is 3. The van der Waals surface area contributed by atoms with Gasteiger partial charge in [-0.2, -0.15) is 5.10 Å². The van der Waals surface area contributed by atoms with Gasteiger partial charge < -0.3 is 15.4 Å². The summed E-state index contributed by atoms with van der Waals surface area (Å²) in [5.41, 5.74) is 3.50. The van der Waals surface area contributed by atoms with Crippen LogP contribution < -0.4 is 15.4 Å². The molecule has 1 aromatic carbocycles. The highest BCUT2D eigenvalue weighted by molar-refractivity contribution is 5.80. The van der Waals surface area contributed by atoms with E-state index < -0.39 is 0 Å². The molecule has 0 radical (unpaired) electrons. The monoisotopic (exact) mass is 375 g/mol. The Kier molecular flexibility index (Phi) is 7.21. The summed E-state index contributed by atoms with van der Waals surface area (Å²) in [7, 11) is 3.70. The average Bonchev–Trinajstić information content (AvgIpc) is 2.84. The van der Waals surface area contributed by atoms with E-state index in [2.05, 4.69) is 34.6 Å². The van der Waals surface area contributed by atoms with Crippen LogP contribution in [-0.4, -0.2) is 41.5 Å². The predicted octanol–water partition coefficient (Wildman–Crippen LogP) is 2.74. The summed E-state index contributed by atoms with van der Waals surface area (Å²) in [4.78, 5) is 4.27. The maximum Gasteiger partial charge on any atom is 0.191 e. The zero-order valence-corrected chi connectivity index (χ0v) is 17.0. The van der Waals surface area contributed by atoms with Crippen LogP contribution in [0.15, 0.2) is 29.3 Å². The van der Waals surface area contributed by atoms with Crippen molar-refractivity contribution in [2.45, 2.75) is 46.3 Å². The van der Waals surface area contributed by atoms with Gasteiger partial charge >= 0.3 is 0 Å². The van der Waals surface area contributed by atoms with Gasteiger partial charge in [0.2, 0.25) is 0 Å². The van der Waals surface area contributed by atoms with E-state index in [9.17, 15) is 4.39 Å². The maximum absolute atomic E-state index is 13.2. The van der Waals surface area contributed by atoms with Crippen molar-refractivity contribution in [3.8, 4) is 5.75 Å². The van der Waals surface area contributed by atoms with Gasteiger partial charge in [0.1, 0.15) is 17.7 Å². The first-order valence-electron chi connectivity index (χ1n) is 9.18. The smallest absolute Gasteiger partial charge is 0.191 e. The Bertz CT molecular complexity index is 787. The number of halogens is 1. The molecule has 1 aromatic heterocycles. The third-order valence-corrected chi connectivity index (χ3v) is 4.47. The van der Waals surface area contributed by atoms with Crippen molar-refractivity contribution in [2.75, 3.05) is 13.6 Å². The fourth-order valence-corrected chi connectivity index (χ4v) is 2.95. The highest BCUT2D eigenvalue weighted by Gasteiger charge is 2.14. The molecule has 0 aliphatic heterocycles. The third kappa shape index (κ3) is 5.98. The first kappa shape index (κ1) is 20.7. The van der Waals surface area contributed by atoms with Crippen molar-refractivity contribution >= 4 is 5.96 Å². The summed E-state index contributed by atoms with van der Waals surface area (Å²) in [5, 5.41) is 11.1. The second kappa shape index (κ2) is 9.39. The summed E-state index contributed by atoms with van der Waals surface area (Å²) in [6.07, 6.45) is 0.727. The summed E-state index contributed by atoms with van der Waals surface area (Å²) in [6, 6.07) is 6.35. The average molecular weight is 375 g/mol. The van der Waals surface area contributed by atoms with E-state index in [-0.39, 0.29) is 18.0 Å². The number of hydrogen-bond donors (Lipinski definition) is 2. The van der Waals surface area contributed by atoms with Crippen LogP contribution in [0.4, 0.5) is 4.39 Å². The number of rotatable bonds is 7. The molecule has 0 amide bonds. The Morgan fingerprint density at radius 3 is 2.67 bits per heavy atom. The molecule has 2 aromatic rings. The molecular weight excluding hydrogens is 345 g/mol. The van der Waals surface area contributed by atoms with E-state index >= 15 is 0 Å². The summed E-state index contributed by atoms with van der Waals surface area (Å²) in [5.74, 6) is 0.916. The molecule has 2 N–H and O–H groups in total. The summed E-state index contributed by atoms with van der Waals surface area (Å²) < 4.78 is 20.9. The Morgan fingerprint density at radius 1 is 1.33 bits per heavy atom. The molecule has 0 saturated heterocycles. The minimum absolute atomic E-state index is 0.136. The van der Waals surface area contributed by atoms with Crippen molar-refractivity contribution in [3.05, 3.63) is 47.0 Å². The van der Waals surface area contributed by atoms with Crippen LogP contribution in [0, 0.1) is 19.7 Å². The van der Waals surface area contributed by atoms with Gasteiger partial charge in [-0.25, -0.2) is 4.39 Å². The van der Waals surface area contributed by atoms with Crippen molar-refractivity contribution in [1.82, 2.24) is 20.4 Å². The van der Waals surface area contributed by atoms with Gasteiger partial charge in [0.05, 0.1) is 12.2 Å². The van der Waals surface area contributed by atoms with Crippen LogP contribution in [0.2, 0.25) is 0 Å². The van der Waals surface area contributed by atoms with Crippen molar-refractivity contribution in [2.24, 2.45) is 12.0 Å². The normalized spacial score (nSPS) is 14.0. The van der Waals surface area contributed by atoms with Gasteiger partial charge in [-0.1, -0.05) is 6.07 Å². The molecule has 0 fully saturated rings. The minimum Gasteiger partial charge on any atom is -0.489 e. The van der Waals surface area contributed by atoms with E-state index in [4.69, 9.17) is 4.74 Å². The maximum atomic E-state index is 13.2. The molecule has 1 heterocycles. The lowest BCUT2D eigenvalue weighted by Crippen LogP contribution is -2.45. The standard InChI is InChI=1S/C20H30FN5O/c1-13(10-19-15(3)25-26(6)16(19)4)24-20(22-5)23-12-14(2)27-18-9-7-8-17(21)11-18/h7-9,11,13-14H,10,12H2,1-6H3,(H2,22,23,24). The lowest BCUT2D eigenvalue weighted by atomic mass is 10.1. The highest BCUT2D eigenvalue weighted by atomic mass is 19.1. The Labute approximate surface area is 160 Å². The second-order valence-corrected chi connectivity index (χ2v) is 6.86. The summed E-state index contributed by atoms with van der Waals surface area (Å²) >= 11 is 0. The number of aryl methyl sites for hydroxylation is 2. The molecule has 0 saturated carbocycles.